The number of carbonyl (C=O) groups excluding carboxylic acids is 1. The zero-order chi connectivity index (χ0) is 15.7. The van der Waals surface area contributed by atoms with E-state index in [2.05, 4.69) is 15.8 Å². The minimum Gasteiger partial charge on any atom is -0.360 e. The monoisotopic (exact) mass is 338 g/mol. The highest BCUT2D eigenvalue weighted by atomic mass is 35.5. The van der Waals surface area contributed by atoms with Crippen LogP contribution in [-0.4, -0.2) is 34.8 Å². The van der Waals surface area contributed by atoms with Crippen LogP contribution < -0.4 is 10.6 Å². The van der Waals surface area contributed by atoms with Gasteiger partial charge in [0.05, 0.1) is 5.56 Å². The van der Waals surface area contributed by atoms with E-state index in [1.165, 1.54) is 0 Å². The molecule has 1 aliphatic heterocycles. The first-order valence-corrected chi connectivity index (χ1v) is 7.70. The Morgan fingerprint density at radius 3 is 2.78 bits per heavy atom. The average molecular weight is 339 g/mol. The van der Waals surface area contributed by atoms with Crippen LogP contribution in [0.5, 0.6) is 0 Å². The molecular formula is C16H23ClN4O2. The van der Waals surface area contributed by atoms with Gasteiger partial charge in [-0.2, -0.15) is 0 Å². The van der Waals surface area contributed by atoms with Gasteiger partial charge in [0.15, 0.2) is 5.82 Å². The van der Waals surface area contributed by atoms with Crippen molar-refractivity contribution < 1.29 is 9.32 Å². The van der Waals surface area contributed by atoms with Crippen LogP contribution in [-0.2, 0) is 0 Å². The standard InChI is InChI=1S/C16H22N4O2.ClH/c1-10-7-14(16(21)18-13-5-4-6-17-9-13)12(3)20(10)15-8-11(2)22-19-15;/h7-8,13,17H,4-6,9H2,1-3H3,(H,18,21);1H. The Morgan fingerprint density at radius 1 is 1.39 bits per heavy atom. The Labute approximate surface area is 142 Å². The van der Waals surface area contributed by atoms with Crippen LogP contribution >= 0.6 is 12.4 Å². The molecule has 0 aromatic carbocycles. The second kappa shape index (κ2) is 7.19. The summed E-state index contributed by atoms with van der Waals surface area (Å²) in [5.74, 6) is 1.45. The third-order valence-corrected chi connectivity index (χ3v) is 4.15. The predicted octanol–water partition coefficient (Wildman–Crippen LogP) is 2.29. The van der Waals surface area contributed by atoms with Crippen LogP contribution in [0.2, 0.25) is 0 Å². The van der Waals surface area contributed by atoms with Crippen LogP contribution in [0.25, 0.3) is 5.82 Å². The number of hydrogen-bond acceptors (Lipinski definition) is 4. The van der Waals surface area contributed by atoms with E-state index in [1.807, 2.05) is 37.5 Å². The molecule has 0 aliphatic carbocycles. The zero-order valence-corrected chi connectivity index (χ0v) is 14.5. The molecule has 1 amide bonds. The van der Waals surface area contributed by atoms with E-state index in [0.717, 1.165) is 43.1 Å². The van der Waals surface area contributed by atoms with E-state index in [1.54, 1.807) is 0 Å². The zero-order valence-electron chi connectivity index (χ0n) is 13.7. The van der Waals surface area contributed by atoms with Crippen LogP contribution in [0.4, 0.5) is 0 Å². The van der Waals surface area contributed by atoms with Crippen molar-refractivity contribution in [1.29, 1.82) is 0 Å². The molecule has 3 rings (SSSR count). The fraction of sp³-hybridized carbons (Fsp3) is 0.500. The highest BCUT2D eigenvalue weighted by Crippen LogP contribution is 2.21. The van der Waals surface area contributed by atoms with Crippen molar-refractivity contribution in [2.24, 2.45) is 0 Å². The second-order valence-electron chi connectivity index (χ2n) is 5.93. The molecule has 1 atom stereocenters. The summed E-state index contributed by atoms with van der Waals surface area (Å²) in [6.45, 7) is 7.63. The molecule has 126 valence electrons. The van der Waals surface area contributed by atoms with Gasteiger partial charge in [-0.05, 0) is 46.2 Å². The summed E-state index contributed by atoms with van der Waals surface area (Å²) in [4.78, 5) is 12.5. The van der Waals surface area contributed by atoms with Crippen molar-refractivity contribution >= 4 is 18.3 Å². The van der Waals surface area contributed by atoms with Gasteiger partial charge in [-0.1, -0.05) is 5.16 Å². The van der Waals surface area contributed by atoms with E-state index in [-0.39, 0.29) is 24.4 Å². The summed E-state index contributed by atoms with van der Waals surface area (Å²) in [5.41, 5.74) is 2.55. The van der Waals surface area contributed by atoms with Crippen molar-refractivity contribution in [3.63, 3.8) is 0 Å². The van der Waals surface area contributed by atoms with Gasteiger partial charge in [-0.15, -0.1) is 12.4 Å². The van der Waals surface area contributed by atoms with Gasteiger partial charge < -0.3 is 15.2 Å². The Hall–Kier alpha value is -1.79. The van der Waals surface area contributed by atoms with Gasteiger partial charge in [0, 0.05) is 30.0 Å². The molecule has 6 nitrogen and oxygen atoms in total. The number of aromatic nitrogens is 2. The van der Waals surface area contributed by atoms with E-state index >= 15 is 0 Å². The summed E-state index contributed by atoms with van der Waals surface area (Å²) in [6.07, 6.45) is 2.13. The summed E-state index contributed by atoms with van der Waals surface area (Å²) < 4.78 is 7.09. The molecule has 0 bridgehead atoms. The minimum absolute atomic E-state index is 0. The fourth-order valence-corrected chi connectivity index (χ4v) is 3.04. The Balaban J connectivity index is 0.00000192. The number of hydrogen-bond donors (Lipinski definition) is 2. The third-order valence-electron chi connectivity index (χ3n) is 4.15. The molecule has 2 N–H and O–H groups in total. The molecule has 1 aliphatic rings. The number of piperidine rings is 1. The van der Waals surface area contributed by atoms with Gasteiger partial charge in [0.2, 0.25) is 0 Å². The summed E-state index contributed by atoms with van der Waals surface area (Å²) in [6, 6.07) is 3.98. The van der Waals surface area contributed by atoms with Crippen LogP contribution in [0.1, 0.15) is 40.3 Å². The molecule has 1 unspecified atom stereocenters. The van der Waals surface area contributed by atoms with Crippen molar-refractivity contribution in [2.45, 2.75) is 39.7 Å². The Bertz CT molecular complexity index is 686. The average Bonchev–Trinajstić information content (AvgIpc) is 3.03. The lowest BCUT2D eigenvalue weighted by molar-refractivity contribution is 0.0930. The fourth-order valence-electron chi connectivity index (χ4n) is 3.04. The normalized spacial score (nSPS) is 17.6. The lowest BCUT2D eigenvalue weighted by Crippen LogP contribution is -2.45. The molecule has 2 aromatic heterocycles. The van der Waals surface area contributed by atoms with E-state index in [9.17, 15) is 4.79 Å². The number of amides is 1. The summed E-state index contributed by atoms with van der Waals surface area (Å²) in [5, 5.41) is 10.5. The largest absolute Gasteiger partial charge is 0.360 e. The summed E-state index contributed by atoms with van der Waals surface area (Å²) in [7, 11) is 0. The van der Waals surface area contributed by atoms with Gasteiger partial charge in [0.1, 0.15) is 5.76 Å². The molecule has 3 heterocycles. The highest BCUT2D eigenvalue weighted by Gasteiger charge is 2.21. The lowest BCUT2D eigenvalue weighted by Gasteiger charge is -2.23. The first-order valence-electron chi connectivity index (χ1n) is 7.70. The predicted molar refractivity (Wildman–Crippen MR) is 90.6 cm³/mol. The maximum absolute atomic E-state index is 12.5. The van der Waals surface area contributed by atoms with Crippen molar-refractivity contribution in [3.05, 3.63) is 34.8 Å². The molecule has 0 spiro atoms. The second-order valence-corrected chi connectivity index (χ2v) is 5.93. The summed E-state index contributed by atoms with van der Waals surface area (Å²) >= 11 is 0. The van der Waals surface area contributed by atoms with E-state index < -0.39 is 0 Å². The molecule has 1 fully saturated rings. The molecule has 7 heteroatoms. The number of nitrogens with one attached hydrogen (secondary N) is 2. The van der Waals surface area contributed by atoms with Gasteiger partial charge in [-0.25, -0.2) is 0 Å². The number of aryl methyl sites for hydroxylation is 2. The van der Waals surface area contributed by atoms with Crippen LogP contribution in [0.15, 0.2) is 16.7 Å². The SMILES string of the molecule is Cc1cc(-n2c(C)cc(C(=O)NC3CCCNC3)c2C)no1.Cl. The Morgan fingerprint density at radius 2 is 2.17 bits per heavy atom. The van der Waals surface area contributed by atoms with Crippen LogP contribution in [0.3, 0.4) is 0 Å². The number of nitrogens with zero attached hydrogens (tertiary/aromatic N) is 2. The molecule has 1 saturated heterocycles. The third kappa shape index (κ3) is 3.59. The van der Waals surface area contributed by atoms with E-state index in [4.69, 9.17) is 4.52 Å². The van der Waals surface area contributed by atoms with Crippen molar-refractivity contribution in [2.75, 3.05) is 13.1 Å². The van der Waals surface area contributed by atoms with Crippen molar-refractivity contribution in [1.82, 2.24) is 20.4 Å². The first kappa shape index (κ1) is 17.6. The maximum Gasteiger partial charge on any atom is 0.253 e. The van der Waals surface area contributed by atoms with Gasteiger partial charge in [-0.3, -0.25) is 9.36 Å². The molecule has 0 radical (unpaired) electrons. The first-order chi connectivity index (χ1) is 10.6. The number of halogens is 1. The van der Waals surface area contributed by atoms with Crippen LogP contribution in [0, 0.1) is 20.8 Å². The Kier molecular flexibility index (Phi) is 5.49. The minimum atomic E-state index is -0.0201. The molecular weight excluding hydrogens is 316 g/mol. The maximum atomic E-state index is 12.5. The lowest BCUT2D eigenvalue weighted by atomic mass is 10.1. The number of rotatable bonds is 3. The molecule has 0 saturated carbocycles. The van der Waals surface area contributed by atoms with Crippen molar-refractivity contribution in [3.8, 4) is 5.82 Å². The smallest absolute Gasteiger partial charge is 0.253 e. The van der Waals surface area contributed by atoms with Gasteiger partial charge >= 0.3 is 0 Å². The highest BCUT2D eigenvalue weighted by molar-refractivity contribution is 5.96. The quantitative estimate of drug-likeness (QED) is 0.900. The molecule has 2 aromatic rings. The van der Waals surface area contributed by atoms with Gasteiger partial charge in [0.25, 0.3) is 5.91 Å². The molecule has 23 heavy (non-hydrogen) atoms. The van der Waals surface area contributed by atoms with E-state index in [0.29, 0.717) is 11.4 Å². The number of carbonyl (C=O) groups is 1. The topological polar surface area (TPSA) is 72.1 Å².